The maximum atomic E-state index is 13.6. The number of aryl methyl sites for hydroxylation is 2. The Morgan fingerprint density at radius 3 is 2.26 bits per heavy atom. The van der Waals surface area contributed by atoms with Gasteiger partial charge in [0.2, 0.25) is 0 Å². The fourth-order valence-corrected chi connectivity index (χ4v) is 1.86. The van der Waals surface area contributed by atoms with Crippen LogP contribution >= 0.6 is 0 Å². The van der Waals surface area contributed by atoms with Crippen molar-refractivity contribution in [3.8, 4) is 0 Å². The molecule has 0 atom stereocenters. The van der Waals surface area contributed by atoms with Crippen LogP contribution in [0.1, 0.15) is 27.0 Å². The van der Waals surface area contributed by atoms with Gasteiger partial charge >= 0.3 is 0 Å². The summed E-state index contributed by atoms with van der Waals surface area (Å²) in [5.74, 6) is -1.78. The maximum absolute atomic E-state index is 13.6. The fraction of sp³-hybridized carbons (Fsp3) is 0.188. The first-order valence-corrected chi connectivity index (χ1v) is 6.02. The molecule has 0 radical (unpaired) electrons. The van der Waals surface area contributed by atoms with E-state index in [0.29, 0.717) is 0 Å². The summed E-state index contributed by atoms with van der Waals surface area (Å²) < 4.78 is 26.7. The third kappa shape index (κ3) is 3.05. The monoisotopic (exact) mass is 260 g/mol. The van der Waals surface area contributed by atoms with Crippen molar-refractivity contribution in [2.45, 2.75) is 20.3 Å². The van der Waals surface area contributed by atoms with E-state index in [-0.39, 0.29) is 23.3 Å². The van der Waals surface area contributed by atoms with Crippen molar-refractivity contribution in [2.24, 2.45) is 0 Å². The second-order valence-electron chi connectivity index (χ2n) is 4.67. The van der Waals surface area contributed by atoms with Crippen LogP contribution in [-0.2, 0) is 6.42 Å². The molecule has 0 saturated heterocycles. The standard InChI is InChI=1S/C16H14F2O/c1-10-3-5-12(6-4-10)8-16(19)13-7-11(2)14(17)9-15(13)18/h3-7,9H,8H2,1-2H3. The Labute approximate surface area is 110 Å². The molecule has 0 N–H and O–H groups in total. The highest BCUT2D eigenvalue weighted by molar-refractivity contribution is 5.97. The van der Waals surface area contributed by atoms with Gasteiger partial charge in [-0.05, 0) is 31.0 Å². The number of halogens is 2. The third-order valence-electron chi connectivity index (χ3n) is 3.03. The van der Waals surface area contributed by atoms with Crippen molar-refractivity contribution in [1.29, 1.82) is 0 Å². The van der Waals surface area contributed by atoms with E-state index in [1.165, 1.54) is 13.0 Å². The first-order valence-electron chi connectivity index (χ1n) is 6.02. The Bertz CT molecular complexity index is 615. The van der Waals surface area contributed by atoms with E-state index < -0.39 is 11.6 Å². The van der Waals surface area contributed by atoms with Crippen molar-refractivity contribution < 1.29 is 13.6 Å². The first kappa shape index (κ1) is 13.4. The lowest BCUT2D eigenvalue weighted by Crippen LogP contribution is -2.07. The molecule has 0 aliphatic carbocycles. The van der Waals surface area contributed by atoms with Crippen molar-refractivity contribution in [3.63, 3.8) is 0 Å². The van der Waals surface area contributed by atoms with Gasteiger partial charge in [-0.2, -0.15) is 0 Å². The van der Waals surface area contributed by atoms with E-state index in [1.807, 2.05) is 31.2 Å². The summed E-state index contributed by atoms with van der Waals surface area (Å²) >= 11 is 0. The number of carbonyl (C=O) groups excluding carboxylic acids is 1. The van der Waals surface area contributed by atoms with Gasteiger partial charge in [0.25, 0.3) is 0 Å². The number of carbonyl (C=O) groups is 1. The Morgan fingerprint density at radius 1 is 1.00 bits per heavy atom. The number of rotatable bonds is 3. The van der Waals surface area contributed by atoms with Gasteiger partial charge in [-0.1, -0.05) is 29.8 Å². The SMILES string of the molecule is Cc1ccc(CC(=O)c2cc(C)c(F)cc2F)cc1. The summed E-state index contributed by atoms with van der Waals surface area (Å²) in [6.07, 6.45) is 0.113. The summed E-state index contributed by atoms with van der Waals surface area (Å²) in [4.78, 5) is 12.0. The second kappa shape index (κ2) is 5.31. The van der Waals surface area contributed by atoms with Crippen LogP contribution in [0.15, 0.2) is 36.4 Å². The molecule has 2 aromatic rings. The van der Waals surface area contributed by atoms with Gasteiger partial charge in [0.15, 0.2) is 5.78 Å². The van der Waals surface area contributed by atoms with Crippen LogP contribution in [0.2, 0.25) is 0 Å². The van der Waals surface area contributed by atoms with Gasteiger partial charge in [0.05, 0.1) is 5.56 Å². The molecule has 0 spiro atoms. The summed E-state index contributed by atoms with van der Waals surface area (Å²) in [5.41, 5.74) is 2.13. The van der Waals surface area contributed by atoms with Crippen LogP contribution in [-0.4, -0.2) is 5.78 Å². The highest BCUT2D eigenvalue weighted by Crippen LogP contribution is 2.16. The lowest BCUT2D eigenvalue weighted by Gasteiger charge is -2.05. The fourth-order valence-electron chi connectivity index (χ4n) is 1.86. The Morgan fingerprint density at radius 2 is 1.63 bits per heavy atom. The first-order chi connectivity index (χ1) is 8.97. The molecule has 0 heterocycles. The summed E-state index contributed by atoms with van der Waals surface area (Å²) in [5, 5.41) is 0. The molecule has 98 valence electrons. The Balaban J connectivity index is 2.25. The average molecular weight is 260 g/mol. The lowest BCUT2D eigenvalue weighted by atomic mass is 10.00. The van der Waals surface area contributed by atoms with Crippen LogP contribution in [0, 0.1) is 25.5 Å². The van der Waals surface area contributed by atoms with Crippen LogP contribution in [0.3, 0.4) is 0 Å². The highest BCUT2D eigenvalue weighted by Gasteiger charge is 2.14. The van der Waals surface area contributed by atoms with E-state index in [4.69, 9.17) is 0 Å². The topological polar surface area (TPSA) is 17.1 Å². The number of benzene rings is 2. The average Bonchev–Trinajstić information content (AvgIpc) is 2.36. The molecule has 0 aliphatic rings. The lowest BCUT2D eigenvalue weighted by molar-refractivity contribution is 0.0989. The molecule has 3 heteroatoms. The van der Waals surface area contributed by atoms with Crippen LogP contribution in [0.4, 0.5) is 8.78 Å². The number of hydrogen-bond donors (Lipinski definition) is 0. The molecule has 0 aliphatic heterocycles. The third-order valence-corrected chi connectivity index (χ3v) is 3.03. The molecule has 0 fully saturated rings. The van der Waals surface area contributed by atoms with E-state index in [0.717, 1.165) is 17.2 Å². The van der Waals surface area contributed by atoms with Gasteiger partial charge in [0, 0.05) is 12.5 Å². The summed E-state index contributed by atoms with van der Waals surface area (Å²) in [6.45, 7) is 3.46. The molecule has 0 saturated carbocycles. The zero-order valence-corrected chi connectivity index (χ0v) is 10.8. The van der Waals surface area contributed by atoms with Gasteiger partial charge in [-0.25, -0.2) is 8.78 Å². The summed E-state index contributed by atoms with van der Waals surface area (Å²) in [7, 11) is 0. The van der Waals surface area contributed by atoms with Gasteiger partial charge in [0.1, 0.15) is 11.6 Å². The van der Waals surface area contributed by atoms with Crippen molar-refractivity contribution >= 4 is 5.78 Å². The Kier molecular flexibility index (Phi) is 3.74. The quantitative estimate of drug-likeness (QED) is 0.762. The molecule has 2 aromatic carbocycles. The maximum Gasteiger partial charge on any atom is 0.170 e. The number of hydrogen-bond acceptors (Lipinski definition) is 1. The molecular weight excluding hydrogens is 246 g/mol. The minimum absolute atomic E-state index is 0.0560. The van der Waals surface area contributed by atoms with Crippen molar-refractivity contribution in [1.82, 2.24) is 0 Å². The van der Waals surface area contributed by atoms with Crippen LogP contribution in [0.25, 0.3) is 0 Å². The van der Waals surface area contributed by atoms with Crippen molar-refractivity contribution in [2.75, 3.05) is 0 Å². The smallest absolute Gasteiger partial charge is 0.170 e. The zero-order valence-electron chi connectivity index (χ0n) is 10.8. The number of Topliss-reactive ketones (excluding diaryl/α,β-unsaturated/α-hetero) is 1. The largest absolute Gasteiger partial charge is 0.294 e. The minimum atomic E-state index is -0.805. The van der Waals surface area contributed by atoms with Gasteiger partial charge < -0.3 is 0 Å². The molecule has 0 aromatic heterocycles. The second-order valence-corrected chi connectivity index (χ2v) is 4.67. The number of ketones is 1. The summed E-state index contributed by atoms with van der Waals surface area (Å²) in [6, 6.07) is 9.49. The normalized spacial score (nSPS) is 10.5. The molecular formula is C16H14F2O. The Hall–Kier alpha value is -2.03. The molecule has 0 bridgehead atoms. The molecule has 0 unspecified atom stereocenters. The predicted molar refractivity (Wildman–Crippen MR) is 70.3 cm³/mol. The van der Waals surface area contributed by atoms with E-state index >= 15 is 0 Å². The zero-order chi connectivity index (χ0) is 14.0. The van der Waals surface area contributed by atoms with Crippen LogP contribution in [0.5, 0.6) is 0 Å². The molecule has 19 heavy (non-hydrogen) atoms. The van der Waals surface area contributed by atoms with Gasteiger partial charge in [-0.15, -0.1) is 0 Å². The van der Waals surface area contributed by atoms with E-state index in [1.54, 1.807) is 0 Å². The molecule has 0 amide bonds. The van der Waals surface area contributed by atoms with Crippen molar-refractivity contribution in [3.05, 3.63) is 70.3 Å². The molecule has 1 nitrogen and oxygen atoms in total. The van der Waals surface area contributed by atoms with E-state index in [9.17, 15) is 13.6 Å². The van der Waals surface area contributed by atoms with E-state index in [2.05, 4.69) is 0 Å². The molecule has 2 rings (SSSR count). The highest BCUT2D eigenvalue weighted by atomic mass is 19.1. The predicted octanol–water partition coefficient (Wildman–Crippen LogP) is 4.01. The van der Waals surface area contributed by atoms with Crippen LogP contribution < -0.4 is 0 Å². The van der Waals surface area contributed by atoms with Gasteiger partial charge in [-0.3, -0.25) is 4.79 Å². The minimum Gasteiger partial charge on any atom is -0.294 e.